The van der Waals surface area contributed by atoms with Gasteiger partial charge >= 0.3 is 5.69 Å². The molecule has 1 aromatic heterocycles. The first kappa shape index (κ1) is 28.6. The molecule has 214 valence electrons. The van der Waals surface area contributed by atoms with Crippen LogP contribution in [-0.2, 0) is 29.7 Å². The van der Waals surface area contributed by atoms with Crippen LogP contribution in [0, 0.1) is 11.8 Å². The van der Waals surface area contributed by atoms with E-state index >= 15 is 0 Å². The molecule has 1 fully saturated rings. The van der Waals surface area contributed by atoms with Crippen molar-refractivity contribution < 1.29 is 4.79 Å². The number of carbonyl (C=O) groups is 1. The second-order valence-corrected chi connectivity index (χ2v) is 12.5. The second kappa shape index (κ2) is 12.3. The van der Waals surface area contributed by atoms with Crippen LogP contribution in [0.2, 0.25) is 0 Å². The quantitative estimate of drug-likeness (QED) is 0.307. The van der Waals surface area contributed by atoms with Crippen LogP contribution >= 0.6 is 0 Å². The maximum atomic E-state index is 13.8. The average Bonchev–Trinajstić information content (AvgIpc) is 2.98. The number of benzene rings is 3. The van der Waals surface area contributed by atoms with Crippen molar-refractivity contribution in [1.82, 2.24) is 14.5 Å². The smallest absolute Gasteiger partial charge is 0.331 e. The van der Waals surface area contributed by atoms with Crippen molar-refractivity contribution in [3.05, 3.63) is 116 Å². The Morgan fingerprint density at radius 1 is 0.805 bits per heavy atom. The summed E-state index contributed by atoms with van der Waals surface area (Å²) in [6.07, 6.45) is 4.02. The number of fused-ring (bicyclic) bond motifs is 1. The highest BCUT2D eigenvalue weighted by Crippen LogP contribution is 2.30. The van der Waals surface area contributed by atoms with Gasteiger partial charge in [0.15, 0.2) is 0 Å². The SMILES string of the molecule is CC(C)(C)c1ccc(Cn2c(=O)n(CC3CCC(C(=O)NCCc4ccccc4)CC3)c(=O)c3ccccc32)cc1. The molecule has 0 atom stereocenters. The molecular weight excluding hydrogens is 510 g/mol. The minimum absolute atomic E-state index is 0.0110. The molecular formula is C35H41N3O3. The molecule has 1 heterocycles. The van der Waals surface area contributed by atoms with Crippen molar-refractivity contribution in [2.24, 2.45) is 11.8 Å². The summed E-state index contributed by atoms with van der Waals surface area (Å²) >= 11 is 0. The second-order valence-electron chi connectivity index (χ2n) is 12.5. The zero-order chi connectivity index (χ0) is 29.0. The topological polar surface area (TPSA) is 73.1 Å². The Morgan fingerprint density at radius 3 is 2.15 bits per heavy atom. The number of carbonyl (C=O) groups excluding carboxylic acids is 1. The fraction of sp³-hybridized carbons (Fsp3) is 0.400. The van der Waals surface area contributed by atoms with Crippen LogP contribution in [0.4, 0.5) is 0 Å². The number of hydrogen-bond donors (Lipinski definition) is 1. The van der Waals surface area contributed by atoms with Gasteiger partial charge in [-0.2, -0.15) is 0 Å². The van der Waals surface area contributed by atoms with Gasteiger partial charge in [-0.05, 0) is 72.3 Å². The lowest BCUT2D eigenvalue weighted by Crippen LogP contribution is -2.42. The predicted molar refractivity (Wildman–Crippen MR) is 165 cm³/mol. The van der Waals surface area contributed by atoms with E-state index in [2.05, 4.69) is 62.5 Å². The Balaban J connectivity index is 1.28. The fourth-order valence-corrected chi connectivity index (χ4v) is 5.96. The third-order valence-electron chi connectivity index (χ3n) is 8.51. The number of aromatic nitrogens is 2. The van der Waals surface area contributed by atoms with E-state index in [9.17, 15) is 14.4 Å². The first-order valence-electron chi connectivity index (χ1n) is 14.8. The van der Waals surface area contributed by atoms with Crippen LogP contribution in [0.1, 0.15) is 63.1 Å². The summed E-state index contributed by atoms with van der Waals surface area (Å²) < 4.78 is 3.16. The Morgan fingerprint density at radius 2 is 1.46 bits per heavy atom. The lowest BCUT2D eigenvalue weighted by atomic mass is 9.81. The third-order valence-corrected chi connectivity index (χ3v) is 8.51. The van der Waals surface area contributed by atoms with Gasteiger partial charge in [0.1, 0.15) is 0 Å². The zero-order valence-electron chi connectivity index (χ0n) is 24.4. The van der Waals surface area contributed by atoms with E-state index in [0.717, 1.165) is 37.7 Å². The van der Waals surface area contributed by atoms with Gasteiger partial charge in [0, 0.05) is 19.0 Å². The third kappa shape index (κ3) is 6.70. The first-order valence-corrected chi connectivity index (χ1v) is 14.8. The highest BCUT2D eigenvalue weighted by Gasteiger charge is 2.27. The van der Waals surface area contributed by atoms with E-state index in [0.29, 0.717) is 30.5 Å². The maximum absolute atomic E-state index is 13.8. The van der Waals surface area contributed by atoms with Crippen molar-refractivity contribution in [2.45, 2.75) is 71.4 Å². The van der Waals surface area contributed by atoms with Crippen molar-refractivity contribution in [1.29, 1.82) is 0 Å². The summed E-state index contributed by atoms with van der Waals surface area (Å²) in [4.78, 5) is 40.0. The Hall–Kier alpha value is -3.93. The molecule has 6 nitrogen and oxygen atoms in total. The molecule has 1 amide bonds. The van der Waals surface area contributed by atoms with E-state index in [1.165, 1.54) is 15.7 Å². The largest absolute Gasteiger partial charge is 0.356 e. The standard InChI is InChI=1S/C35H41N3O3/c1-35(2,3)29-19-15-27(16-20-29)23-37-31-12-8-7-11-30(31)33(40)38(34(37)41)24-26-13-17-28(18-14-26)32(39)36-22-21-25-9-5-4-6-10-25/h4-12,15-16,19-20,26,28H,13-14,17-18,21-24H2,1-3H3,(H,36,39). The van der Waals surface area contributed by atoms with Gasteiger partial charge in [-0.3, -0.25) is 18.7 Å². The van der Waals surface area contributed by atoms with Gasteiger partial charge in [-0.15, -0.1) is 0 Å². The van der Waals surface area contributed by atoms with Gasteiger partial charge in [-0.1, -0.05) is 87.5 Å². The molecule has 0 radical (unpaired) electrons. The van der Waals surface area contributed by atoms with Crippen LogP contribution in [0.5, 0.6) is 0 Å². The van der Waals surface area contributed by atoms with E-state index < -0.39 is 0 Å². The van der Waals surface area contributed by atoms with Crippen LogP contribution in [0.15, 0.2) is 88.5 Å². The minimum Gasteiger partial charge on any atom is -0.356 e. The molecule has 41 heavy (non-hydrogen) atoms. The molecule has 0 spiro atoms. The minimum atomic E-state index is -0.269. The molecule has 1 N–H and O–H groups in total. The van der Waals surface area contributed by atoms with Crippen molar-refractivity contribution >= 4 is 16.8 Å². The number of nitrogens with one attached hydrogen (secondary N) is 1. The van der Waals surface area contributed by atoms with Crippen molar-refractivity contribution in [2.75, 3.05) is 6.54 Å². The van der Waals surface area contributed by atoms with Crippen LogP contribution < -0.4 is 16.6 Å². The highest BCUT2D eigenvalue weighted by molar-refractivity contribution is 5.79. The summed E-state index contributed by atoms with van der Waals surface area (Å²) in [6, 6.07) is 25.9. The Labute approximate surface area is 242 Å². The molecule has 1 aliphatic carbocycles. The van der Waals surface area contributed by atoms with Crippen LogP contribution in [-0.4, -0.2) is 21.6 Å². The van der Waals surface area contributed by atoms with E-state index in [4.69, 9.17) is 0 Å². The molecule has 0 bridgehead atoms. The van der Waals surface area contributed by atoms with Gasteiger partial charge in [0.05, 0.1) is 17.4 Å². The zero-order valence-corrected chi connectivity index (χ0v) is 24.4. The first-order chi connectivity index (χ1) is 19.7. The van der Waals surface area contributed by atoms with Gasteiger partial charge in [-0.25, -0.2) is 4.79 Å². The Kier molecular flexibility index (Phi) is 8.57. The molecule has 0 aliphatic heterocycles. The molecule has 0 unspecified atom stereocenters. The van der Waals surface area contributed by atoms with E-state index in [1.807, 2.05) is 42.5 Å². The summed E-state index contributed by atoms with van der Waals surface area (Å²) in [6.45, 7) is 7.97. The number of rotatable bonds is 8. The molecule has 1 aliphatic rings. The van der Waals surface area contributed by atoms with Gasteiger partial charge < -0.3 is 5.32 Å². The number of nitrogens with zero attached hydrogens (tertiary/aromatic N) is 2. The summed E-state index contributed by atoms with van der Waals surface area (Å²) in [5.74, 6) is 0.291. The van der Waals surface area contributed by atoms with Gasteiger partial charge in [0.2, 0.25) is 5.91 Å². The summed E-state index contributed by atoms with van der Waals surface area (Å²) in [5.41, 5.74) is 3.69. The van der Waals surface area contributed by atoms with Gasteiger partial charge in [0.25, 0.3) is 5.56 Å². The average molecular weight is 552 g/mol. The van der Waals surface area contributed by atoms with Crippen molar-refractivity contribution in [3.8, 4) is 0 Å². The molecule has 4 aromatic rings. The predicted octanol–water partition coefficient (Wildman–Crippen LogP) is 5.67. The molecule has 1 saturated carbocycles. The summed E-state index contributed by atoms with van der Waals surface area (Å²) in [5, 5.41) is 3.66. The highest BCUT2D eigenvalue weighted by atomic mass is 16.2. The van der Waals surface area contributed by atoms with Crippen molar-refractivity contribution in [3.63, 3.8) is 0 Å². The summed E-state index contributed by atoms with van der Waals surface area (Å²) in [7, 11) is 0. The van der Waals surface area contributed by atoms with Crippen LogP contribution in [0.3, 0.4) is 0 Å². The Bertz CT molecular complexity index is 1600. The molecule has 0 saturated heterocycles. The number of para-hydroxylation sites is 1. The maximum Gasteiger partial charge on any atom is 0.331 e. The lowest BCUT2D eigenvalue weighted by Gasteiger charge is -2.28. The molecule has 5 rings (SSSR count). The number of hydrogen-bond acceptors (Lipinski definition) is 3. The molecule has 6 heteroatoms. The van der Waals surface area contributed by atoms with E-state index in [1.54, 1.807) is 4.57 Å². The normalized spacial score (nSPS) is 17.4. The number of amides is 1. The fourth-order valence-electron chi connectivity index (χ4n) is 5.96. The lowest BCUT2D eigenvalue weighted by molar-refractivity contribution is -0.126. The molecule has 3 aromatic carbocycles. The van der Waals surface area contributed by atoms with E-state index in [-0.39, 0.29) is 34.4 Å². The van der Waals surface area contributed by atoms with Crippen LogP contribution in [0.25, 0.3) is 10.9 Å². The monoisotopic (exact) mass is 551 g/mol.